The van der Waals surface area contributed by atoms with Gasteiger partial charge < -0.3 is 11.1 Å². The van der Waals surface area contributed by atoms with Gasteiger partial charge in [0.2, 0.25) is 0 Å². The first kappa shape index (κ1) is 13.7. The van der Waals surface area contributed by atoms with Gasteiger partial charge in [0.1, 0.15) is 0 Å². The first-order chi connectivity index (χ1) is 8.81. The molecule has 0 aromatic carbocycles. The highest BCUT2D eigenvalue weighted by Crippen LogP contribution is 2.30. The third kappa shape index (κ3) is 3.62. The van der Waals surface area contributed by atoms with E-state index in [1.165, 1.54) is 30.6 Å². The molecule has 1 saturated heterocycles. The van der Waals surface area contributed by atoms with Crippen LogP contribution in [0.3, 0.4) is 0 Å². The lowest BCUT2D eigenvalue weighted by Crippen LogP contribution is -2.39. The highest BCUT2D eigenvalue weighted by molar-refractivity contribution is 8.00. The SMILES string of the molecule is CCCNC(Cc1cnccc1N)C1CCCS1. The third-order valence-electron chi connectivity index (χ3n) is 3.45. The summed E-state index contributed by atoms with van der Waals surface area (Å²) < 4.78 is 0. The van der Waals surface area contributed by atoms with Crippen LogP contribution in [-0.4, -0.2) is 28.6 Å². The van der Waals surface area contributed by atoms with Crippen LogP contribution < -0.4 is 11.1 Å². The van der Waals surface area contributed by atoms with Gasteiger partial charge in [-0.25, -0.2) is 0 Å². The number of hydrogen-bond acceptors (Lipinski definition) is 4. The molecule has 2 rings (SSSR count). The minimum atomic E-state index is 0.531. The van der Waals surface area contributed by atoms with Gasteiger partial charge in [-0.2, -0.15) is 11.8 Å². The van der Waals surface area contributed by atoms with Gasteiger partial charge in [0.25, 0.3) is 0 Å². The van der Waals surface area contributed by atoms with E-state index in [9.17, 15) is 0 Å². The molecule has 0 spiro atoms. The van der Waals surface area contributed by atoms with Crippen LogP contribution >= 0.6 is 11.8 Å². The zero-order chi connectivity index (χ0) is 12.8. The molecule has 3 N–H and O–H groups in total. The van der Waals surface area contributed by atoms with Gasteiger partial charge >= 0.3 is 0 Å². The van der Waals surface area contributed by atoms with E-state index in [2.05, 4.69) is 29.0 Å². The minimum Gasteiger partial charge on any atom is -0.398 e. The monoisotopic (exact) mass is 265 g/mol. The quantitative estimate of drug-likeness (QED) is 0.829. The number of nitrogens with two attached hydrogens (primary N) is 1. The van der Waals surface area contributed by atoms with Crippen molar-refractivity contribution < 1.29 is 0 Å². The highest BCUT2D eigenvalue weighted by Gasteiger charge is 2.25. The number of anilines is 1. The van der Waals surface area contributed by atoms with E-state index in [0.29, 0.717) is 6.04 Å². The zero-order valence-electron chi connectivity index (χ0n) is 11.1. The molecule has 1 aliphatic heterocycles. The number of pyridine rings is 1. The maximum atomic E-state index is 6.02. The Morgan fingerprint density at radius 3 is 3.17 bits per heavy atom. The molecule has 1 aliphatic rings. The van der Waals surface area contributed by atoms with Crippen LogP contribution in [0.5, 0.6) is 0 Å². The van der Waals surface area contributed by atoms with Crippen LogP contribution in [0.15, 0.2) is 18.5 Å². The summed E-state index contributed by atoms with van der Waals surface area (Å²) in [5.74, 6) is 1.30. The van der Waals surface area contributed by atoms with Crippen LogP contribution in [-0.2, 0) is 6.42 Å². The molecule has 0 radical (unpaired) electrons. The number of hydrogen-bond donors (Lipinski definition) is 2. The molecule has 1 aromatic rings. The largest absolute Gasteiger partial charge is 0.398 e. The van der Waals surface area contributed by atoms with E-state index in [1.54, 1.807) is 6.20 Å². The van der Waals surface area contributed by atoms with Crippen molar-refractivity contribution in [3.05, 3.63) is 24.0 Å². The van der Waals surface area contributed by atoms with Gasteiger partial charge in [-0.3, -0.25) is 4.98 Å². The van der Waals surface area contributed by atoms with Crippen LogP contribution in [0.2, 0.25) is 0 Å². The van der Waals surface area contributed by atoms with E-state index in [1.807, 2.05) is 12.3 Å². The van der Waals surface area contributed by atoms with Crippen molar-refractivity contribution in [3.63, 3.8) is 0 Å². The summed E-state index contributed by atoms with van der Waals surface area (Å²) in [5, 5.41) is 4.42. The summed E-state index contributed by atoms with van der Waals surface area (Å²) >= 11 is 2.10. The average Bonchev–Trinajstić information content (AvgIpc) is 2.90. The lowest BCUT2D eigenvalue weighted by molar-refractivity contribution is 0.482. The average molecular weight is 265 g/mol. The Morgan fingerprint density at radius 2 is 2.50 bits per heavy atom. The number of nitrogen functional groups attached to an aromatic ring is 1. The Bertz CT molecular complexity index is 364. The number of nitrogens with one attached hydrogen (secondary N) is 1. The second-order valence-electron chi connectivity index (χ2n) is 4.89. The Kier molecular flexibility index (Phi) is 5.32. The molecule has 4 heteroatoms. The van der Waals surface area contributed by atoms with Gasteiger partial charge in [0.05, 0.1) is 0 Å². The number of aromatic nitrogens is 1. The first-order valence-corrected chi connectivity index (χ1v) is 7.89. The molecular formula is C14H23N3S. The Morgan fingerprint density at radius 1 is 1.61 bits per heavy atom. The third-order valence-corrected chi connectivity index (χ3v) is 4.97. The first-order valence-electron chi connectivity index (χ1n) is 6.84. The van der Waals surface area contributed by atoms with Crippen molar-refractivity contribution in [1.29, 1.82) is 0 Å². The summed E-state index contributed by atoms with van der Waals surface area (Å²) in [6.07, 6.45) is 8.52. The number of thioether (sulfide) groups is 1. The standard InChI is InChI=1S/C14H23N3S/c1-2-6-17-13(14-4-3-8-18-14)9-11-10-16-7-5-12(11)15/h5,7,10,13-14,17H,2-4,6,8-9H2,1H3,(H2,15,16). The maximum Gasteiger partial charge on any atom is 0.0378 e. The fourth-order valence-electron chi connectivity index (χ4n) is 2.43. The maximum absolute atomic E-state index is 6.02. The smallest absolute Gasteiger partial charge is 0.0378 e. The molecular weight excluding hydrogens is 242 g/mol. The summed E-state index contributed by atoms with van der Waals surface area (Å²) in [6.45, 7) is 3.30. The molecule has 3 nitrogen and oxygen atoms in total. The van der Waals surface area contributed by atoms with Crippen LogP contribution in [0, 0.1) is 0 Å². The van der Waals surface area contributed by atoms with Crippen LogP contribution in [0.25, 0.3) is 0 Å². The predicted molar refractivity (Wildman–Crippen MR) is 79.9 cm³/mol. The molecule has 100 valence electrons. The summed E-state index contributed by atoms with van der Waals surface area (Å²) in [6, 6.07) is 2.43. The predicted octanol–water partition coefficient (Wildman–Crippen LogP) is 2.47. The van der Waals surface area contributed by atoms with Crippen molar-refractivity contribution in [1.82, 2.24) is 10.3 Å². The minimum absolute atomic E-state index is 0.531. The molecule has 0 bridgehead atoms. The topological polar surface area (TPSA) is 50.9 Å². The normalized spacial score (nSPS) is 21.1. The van der Waals surface area contributed by atoms with Crippen LogP contribution in [0.1, 0.15) is 31.7 Å². The molecule has 1 fully saturated rings. The molecule has 2 unspecified atom stereocenters. The molecule has 0 saturated carbocycles. The fraction of sp³-hybridized carbons (Fsp3) is 0.643. The molecule has 1 aromatic heterocycles. The van der Waals surface area contributed by atoms with Crippen LogP contribution in [0.4, 0.5) is 5.69 Å². The molecule has 0 aliphatic carbocycles. The lowest BCUT2D eigenvalue weighted by atomic mass is 10.0. The van der Waals surface area contributed by atoms with E-state index in [4.69, 9.17) is 5.73 Å². The number of nitrogens with zero attached hydrogens (tertiary/aromatic N) is 1. The molecule has 2 atom stereocenters. The van der Waals surface area contributed by atoms with Gasteiger partial charge in [-0.1, -0.05) is 6.92 Å². The molecule has 2 heterocycles. The van der Waals surface area contributed by atoms with Crippen molar-refractivity contribution in [2.75, 3.05) is 18.0 Å². The fourth-order valence-corrected chi connectivity index (χ4v) is 3.82. The van der Waals surface area contributed by atoms with E-state index in [-0.39, 0.29) is 0 Å². The van der Waals surface area contributed by atoms with Crippen molar-refractivity contribution >= 4 is 17.4 Å². The second kappa shape index (κ2) is 7.00. The summed E-state index contributed by atoms with van der Waals surface area (Å²) in [5.41, 5.74) is 8.07. The van der Waals surface area contributed by atoms with Crippen molar-refractivity contribution in [2.45, 2.75) is 43.9 Å². The van der Waals surface area contributed by atoms with Crippen molar-refractivity contribution in [3.8, 4) is 0 Å². The van der Waals surface area contributed by atoms with Gasteiger partial charge in [-0.05, 0) is 49.6 Å². The van der Waals surface area contributed by atoms with E-state index in [0.717, 1.165) is 23.9 Å². The number of rotatable bonds is 6. The molecule has 18 heavy (non-hydrogen) atoms. The van der Waals surface area contributed by atoms with E-state index < -0.39 is 0 Å². The van der Waals surface area contributed by atoms with Gasteiger partial charge in [0, 0.05) is 29.4 Å². The lowest BCUT2D eigenvalue weighted by Gasteiger charge is -2.24. The van der Waals surface area contributed by atoms with Gasteiger partial charge in [0.15, 0.2) is 0 Å². The van der Waals surface area contributed by atoms with E-state index >= 15 is 0 Å². The Balaban J connectivity index is 2.02. The molecule has 0 amide bonds. The summed E-state index contributed by atoms with van der Waals surface area (Å²) in [4.78, 5) is 4.19. The highest BCUT2D eigenvalue weighted by atomic mass is 32.2. The second-order valence-corrected chi connectivity index (χ2v) is 6.24. The Labute approximate surface area is 114 Å². The summed E-state index contributed by atoms with van der Waals surface area (Å²) in [7, 11) is 0. The van der Waals surface area contributed by atoms with Gasteiger partial charge in [-0.15, -0.1) is 0 Å². The Hall–Kier alpha value is -0.740. The van der Waals surface area contributed by atoms with Crippen molar-refractivity contribution in [2.24, 2.45) is 0 Å². The zero-order valence-corrected chi connectivity index (χ0v) is 11.9.